The molecule has 4 unspecified atom stereocenters. The highest BCUT2D eigenvalue weighted by Gasteiger charge is 2.50. The standard InChI is InChI=1S/C14H29NO2/c1-5-11(16)8-9-15-12-10-13(17-7-3)14(12,4)6-2/h11-13,15-16H,5-10H2,1-4H3. The molecule has 1 aliphatic carbocycles. The molecule has 0 heterocycles. The lowest BCUT2D eigenvalue weighted by Gasteiger charge is -2.54. The van der Waals surface area contributed by atoms with Gasteiger partial charge >= 0.3 is 0 Å². The molecule has 0 aliphatic heterocycles. The molecule has 1 rings (SSSR count). The second kappa shape index (κ2) is 6.72. The monoisotopic (exact) mass is 243 g/mol. The van der Waals surface area contributed by atoms with Gasteiger partial charge in [0.1, 0.15) is 0 Å². The highest BCUT2D eigenvalue weighted by atomic mass is 16.5. The SMILES string of the molecule is CCOC1CC(NCCC(O)CC)C1(C)CC. The molecule has 1 saturated carbocycles. The Morgan fingerprint density at radius 3 is 2.65 bits per heavy atom. The van der Waals surface area contributed by atoms with E-state index in [0.717, 1.165) is 38.8 Å². The second-order valence-corrected chi connectivity index (χ2v) is 5.40. The molecule has 4 atom stereocenters. The van der Waals surface area contributed by atoms with Crippen molar-refractivity contribution in [2.75, 3.05) is 13.2 Å². The van der Waals surface area contributed by atoms with E-state index >= 15 is 0 Å². The van der Waals surface area contributed by atoms with Gasteiger partial charge in [0.2, 0.25) is 0 Å². The lowest BCUT2D eigenvalue weighted by molar-refractivity contribution is -0.125. The van der Waals surface area contributed by atoms with Gasteiger partial charge in [0.05, 0.1) is 12.2 Å². The molecule has 0 aromatic carbocycles. The van der Waals surface area contributed by atoms with Gasteiger partial charge in [-0.05, 0) is 39.2 Å². The van der Waals surface area contributed by atoms with E-state index in [1.54, 1.807) is 0 Å². The van der Waals surface area contributed by atoms with Crippen molar-refractivity contribution in [1.29, 1.82) is 0 Å². The van der Waals surface area contributed by atoms with Gasteiger partial charge in [0.25, 0.3) is 0 Å². The van der Waals surface area contributed by atoms with E-state index in [1.165, 1.54) is 0 Å². The molecule has 0 spiro atoms. The molecule has 0 radical (unpaired) electrons. The molecule has 0 saturated heterocycles. The summed E-state index contributed by atoms with van der Waals surface area (Å²) in [5, 5.41) is 13.1. The van der Waals surface area contributed by atoms with Gasteiger partial charge in [0, 0.05) is 18.1 Å². The predicted octanol–water partition coefficient (Wildman–Crippen LogP) is 2.33. The molecule has 2 N–H and O–H groups in total. The summed E-state index contributed by atoms with van der Waals surface area (Å²) in [5.74, 6) is 0. The molecule has 3 nitrogen and oxygen atoms in total. The summed E-state index contributed by atoms with van der Waals surface area (Å²) in [4.78, 5) is 0. The van der Waals surface area contributed by atoms with Crippen LogP contribution >= 0.6 is 0 Å². The van der Waals surface area contributed by atoms with E-state index in [1.807, 2.05) is 6.92 Å². The summed E-state index contributed by atoms with van der Waals surface area (Å²) in [5.41, 5.74) is 0.271. The molecular formula is C14H29NO2. The summed E-state index contributed by atoms with van der Waals surface area (Å²) in [6.45, 7) is 10.4. The molecule has 0 amide bonds. The molecular weight excluding hydrogens is 214 g/mol. The Morgan fingerprint density at radius 1 is 1.41 bits per heavy atom. The van der Waals surface area contributed by atoms with Crippen molar-refractivity contribution in [2.24, 2.45) is 5.41 Å². The maximum Gasteiger partial charge on any atom is 0.0658 e. The molecule has 0 aromatic heterocycles. The van der Waals surface area contributed by atoms with Crippen molar-refractivity contribution in [3.05, 3.63) is 0 Å². The highest BCUT2D eigenvalue weighted by Crippen LogP contribution is 2.45. The topological polar surface area (TPSA) is 41.5 Å². The van der Waals surface area contributed by atoms with Gasteiger partial charge in [-0.15, -0.1) is 0 Å². The molecule has 3 heteroatoms. The lowest BCUT2D eigenvalue weighted by Crippen LogP contribution is -2.62. The maximum absolute atomic E-state index is 9.52. The van der Waals surface area contributed by atoms with E-state index in [9.17, 15) is 5.11 Å². The number of aliphatic hydroxyl groups excluding tert-OH is 1. The fourth-order valence-electron chi connectivity index (χ4n) is 2.69. The summed E-state index contributed by atoms with van der Waals surface area (Å²) < 4.78 is 5.77. The van der Waals surface area contributed by atoms with E-state index in [-0.39, 0.29) is 11.5 Å². The van der Waals surface area contributed by atoms with Crippen molar-refractivity contribution in [3.63, 3.8) is 0 Å². The minimum atomic E-state index is -0.154. The molecule has 0 bridgehead atoms. The number of rotatable bonds is 8. The minimum absolute atomic E-state index is 0.154. The van der Waals surface area contributed by atoms with Gasteiger partial charge in [-0.25, -0.2) is 0 Å². The Labute approximate surface area is 106 Å². The van der Waals surface area contributed by atoms with E-state index in [0.29, 0.717) is 12.1 Å². The average Bonchev–Trinajstić information content (AvgIpc) is 2.35. The maximum atomic E-state index is 9.52. The quantitative estimate of drug-likeness (QED) is 0.687. The van der Waals surface area contributed by atoms with Crippen LogP contribution in [0.2, 0.25) is 0 Å². The first-order chi connectivity index (χ1) is 8.08. The van der Waals surface area contributed by atoms with Gasteiger partial charge in [-0.1, -0.05) is 20.8 Å². The minimum Gasteiger partial charge on any atom is -0.393 e. The molecule has 1 aliphatic rings. The third-order valence-corrected chi connectivity index (χ3v) is 4.45. The largest absolute Gasteiger partial charge is 0.393 e. The third kappa shape index (κ3) is 3.43. The first kappa shape index (κ1) is 14.9. The van der Waals surface area contributed by atoms with Crippen LogP contribution in [-0.4, -0.2) is 36.5 Å². The summed E-state index contributed by atoms with van der Waals surface area (Å²) in [7, 11) is 0. The number of hydrogen-bond acceptors (Lipinski definition) is 3. The van der Waals surface area contributed by atoms with Crippen molar-refractivity contribution in [2.45, 2.75) is 71.6 Å². The van der Waals surface area contributed by atoms with Crippen LogP contribution in [0.15, 0.2) is 0 Å². The van der Waals surface area contributed by atoms with Crippen molar-refractivity contribution >= 4 is 0 Å². The second-order valence-electron chi connectivity index (χ2n) is 5.40. The van der Waals surface area contributed by atoms with Gasteiger partial charge in [-0.2, -0.15) is 0 Å². The number of aliphatic hydroxyl groups is 1. The fourth-order valence-corrected chi connectivity index (χ4v) is 2.69. The zero-order chi connectivity index (χ0) is 12.9. The van der Waals surface area contributed by atoms with Crippen molar-refractivity contribution in [1.82, 2.24) is 5.32 Å². The zero-order valence-corrected chi connectivity index (χ0v) is 11.8. The fraction of sp³-hybridized carbons (Fsp3) is 1.00. The molecule has 102 valence electrons. The summed E-state index contributed by atoms with van der Waals surface area (Å²) in [6.07, 6.45) is 4.21. The zero-order valence-electron chi connectivity index (χ0n) is 11.8. The van der Waals surface area contributed by atoms with Crippen LogP contribution in [0.5, 0.6) is 0 Å². The smallest absolute Gasteiger partial charge is 0.0658 e. The Kier molecular flexibility index (Phi) is 5.90. The lowest BCUT2D eigenvalue weighted by atomic mass is 9.61. The number of ether oxygens (including phenoxy) is 1. The number of nitrogens with one attached hydrogen (secondary N) is 1. The van der Waals surface area contributed by atoms with Crippen LogP contribution < -0.4 is 5.32 Å². The van der Waals surface area contributed by atoms with E-state index in [2.05, 4.69) is 26.1 Å². The molecule has 0 aromatic rings. The van der Waals surface area contributed by atoms with Gasteiger partial charge in [-0.3, -0.25) is 0 Å². The Bertz CT molecular complexity index is 222. The third-order valence-electron chi connectivity index (χ3n) is 4.45. The van der Waals surface area contributed by atoms with Gasteiger partial charge < -0.3 is 15.2 Å². The van der Waals surface area contributed by atoms with Crippen LogP contribution in [0, 0.1) is 5.41 Å². The predicted molar refractivity (Wildman–Crippen MR) is 71.1 cm³/mol. The van der Waals surface area contributed by atoms with Crippen LogP contribution in [0.3, 0.4) is 0 Å². The molecule has 1 fully saturated rings. The first-order valence-electron chi connectivity index (χ1n) is 7.11. The van der Waals surface area contributed by atoms with E-state index < -0.39 is 0 Å². The first-order valence-corrected chi connectivity index (χ1v) is 7.11. The Hall–Kier alpha value is -0.120. The summed E-state index contributed by atoms with van der Waals surface area (Å²) in [6, 6.07) is 0.549. The Morgan fingerprint density at radius 2 is 2.12 bits per heavy atom. The average molecular weight is 243 g/mol. The normalized spacial score (nSPS) is 34.4. The van der Waals surface area contributed by atoms with Crippen LogP contribution in [-0.2, 0) is 4.74 Å². The van der Waals surface area contributed by atoms with Gasteiger partial charge in [0.15, 0.2) is 0 Å². The molecule has 17 heavy (non-hydrogen) atoms. The van der Waals surface area contributed by atoms with Crippen molar-refractivity contribution < 1.29 is 9.84 Å². The number of hydrogen-bond donors (Lipinski definition) is 2. The van der Waals surface area contributed by atoms with Crippen LogP contribution in [0.1, 0.15) is 53.4 Å². The Balaban J connectivity index is 2.31. The van der Waals surface area contributed by atoms with Crippen molar-refractivity contribution in [3.8, 4) is 0 Å². The van der Waals surface area contributed by atoms with Crippen LogP contribution in [0.25, 0.3) is 0 Å². The highest BCUT2D eigenvalue weighted by molar-refractivity contribution is 5.04. The van der Waals surface area contributed by atoms with Crippen LogP contribution in [0.4, 0.5) is 0 Å². The van der Waals surface area contributed by atoms with E-state index in [4.69, 9.17) is 4.74 Å². The summed E-state index contributed by atoms with van der Waals surface area (Å²) >= 11 is 0.